The Hall–Kier alpha value is 0.180. The molecule has 0 aromatic heterocycles. The molecule has 0 atom stereocenters. The summed E-state index contributed by atoms with van der Waals surface area (Å²) in [6.07, 6.45) is 5.35. The minimum absolute atomic E-state index is 0. The Morgan fingerprint density at radius 1 is 1.00 bits per heavy atom. The van der Waals surface area contributed by atoms with Crippen LogP contribution < -0.4 is 5.32 Å². The summed E-state index contributed by atoms with van der Waals surface area (Å²) in [5.41, 5.74) is 0. The van der Waals surface area contributed by atoms with Crippen molar-refractivity contribution in [2.75, 3.05) is 19.8 Å². The van der Waals surface area contributed by atoms with Crippen LogP contribution in [-0.4, -0.2) is 19.8 Å². The van der Waals surface area contributed by atoms with Crippen molar-refractivity contribution in [3.8, 4) is 0 Å². The second kappa shape index (κ2) is 13.7. The van der Waals surface area contributed by atoms with Gasteiger partial charge in [0, 0.05) is 0 Å². The van der Waals surface area contributed by atoms with E-state index < -0.39 is 0 Å². The summed E-state index contributed by atoms with van der Waals surface area (Å²) in [5.74, 6) is 0. The topological polar surface area (TPSA) is 12.0 Å². The van der Waals surface area contributed by atoms with Crippen LogP contribution in [0.1, 0.15) is 39.0 Å². The van der Waals surface area contributed by atoms with E-state index in [1.54, 1.807) is 0 Å². The van der Waals surface area contributed by atoms with Crippen molar-refractivity contribution in [3.63, 3.8) is 0 Å². The Kier molecular flexibility index (Phi) is 16.8. The van der Waals surface area contributed by atoms with E-state index in [-0.39, 0.29) is 19.1 Å². The number of hydrogen-bond acceptors (Lipinski definition) is 1. The van der Waals surface area contributed by atoms with Crippen molar-refractivity contribution in [2.45, 2.75) is 39.0 Å². The van der Waals surface area contributed by atoms with Gasteiger partial charge in [-0.05, 0) is 32.4 Å². The lowest BCUT2D eigenvalue weighted by Crippen LogP contribution is -2.15. The van der Waals surface area contributed by atoms with Gasteiger partial charge in [-0.15, -0.1) is 12.4 Å². The van der Waals surface area contributed by atoms with Gasteiger partial charge in [0.1, 0.15) is 0 Å². The van der Waals surface area contributed by atoms with Gasteiger partial charge in [-0.1, -0.05) is 19.8 Å². The van der Waals surface area contributed by atoms with Gasteiger partial charge in [-0.25, -0.2) is 0 Å². The first-order chi connectivity index (χ1) is 5.41. The van der Waals surface area contributed by atoms with Crippen LogP contribution in [-0.2, 0) is 0 Å². The van der Waals surface area contributed by atoms with Crippen LogP contribution in [0.3, 0.4) is 0 Å². The molecular weight excluding hydrogens is 177 g/mol. The Morgan fingerprint density at radius 3 is 2.25 bits per heavy atom. The summed E-state index contributed by atoms with van der Waals surface area (Å²) in [6, 6.07) is 0. The fourth-order valence-electron chi connectivity index (χ4n) is 1.000. The highest BCUT2D eigenvalue weighted by molar-refractivity contribution is 5.85. The highest BCUT2D eigenvalue weighted by Gasteiger charge is 1.88. The molecule has 0 fully saturated rings. The molecule has 76 valence electrons. The van der Waals surface area contributed by atoms with E-state index in [0.717, 1.165) is 25.9 Å². The fraction of sp³-hybridized carbons (Fsp3) is 1.00. The average Bonchev–Trinajstić information content (AvgIpc) is 2.03. The van der Waals surface area contributed by atoms with E-state index in [0.29, 0.717) is 0 Å². The summed E-state index contributed by atoms with van der Waals surface area (Å²) in [6.45, 7) is 4.22. The molecule has 3 heteroatoms. The van der Waals surface area contributed by atoms with Crippen molar-refractivity contribution in [1.82, 2.24) is 5.32 Å². The number of unbranched alkanes of at least 4 members (excludes halogenated alkanes) is 3. The van der Waals surface area contributed by atoms with E-state index in [1.165, 1.54) is 19.3 Å². The molecule has 0 radical (unpaired) electrons. The van der Waals surface area contributed by atoms with Crippen molar-refractivity contribution < 1.29 is 4.39 Å². The lowest BCUT2D eigenvalue weighted by atomic mass is 10.2. The molecule has 0 aliphatic rings. The second-order valence-electron chi connectivity index (χ2n) is 2.85. The lowest BCUT2D eigenvalue weighted by Gasteiger charge is -2.01. The number of halogens is 2. The first kappa shape index (κ1) is 14.7. The average molecular weight is 198 g/mol. The van der Waals surface area contributed by atoms with E-state index in [2.05, 4.69) is 12.2 Å². The first-order valence-corrected chi connectivity index (χ1v) is 4.68. The van der Waals surface area contributed by atoms with Gasteiger partial charge in [0.15, 0.2) is 0 Å². The maximum absolute atomic E-state index is 11.6. The minimum Gasteiger partial charge on any atom is -0.317 e. The second-order valence-corrected chi connectivity index (χ2v) is 2.85. The Morgan fingerprint density at radius 2 is 1.67 bits per heavy atom. The molecule has 0 saturated carbocycles. The van der Waals surface area contributed by atoms with Gasteiger partial charge in [0.05, 0.1) is 6.67 Å². The molecule has 0 heterocycles. The standard InChI is InChI=1S/C9H20FN.ClH/c1-2-8-11-9-6-4-3-5-7-10;/h11H,2-9H2,1H3;1H. The van der Waals surface area contributed by atoms with Gasteiger partial charge in [-0.2, -0.15) is 0 Å². The van der Waals surface area contributed by atoms with Gasteiger partial charge in [0.25, 0.3) is 0 Å². The van der Waals surface area contributed by atoms with Crippen LogP contribution in [0, 0.1) is 0 Å². The normalized spacial score (nSPS) is 9.50. The monoisotopic (exact) mass is 197 g/mol. The summed E-state index contributed by atoms with van der Waals surface area (Å²) in [5, 5.41) is 3.32. The van der Waals surface area contributed by atoms with Gasteiger partial charge in [-0.3, -0.25) is 4.39 Å². The Labute approximate surface area is 81.5 Å². The molecule has 0 aromatic rings. The molecule has 0 amide bonds. The number of alkyl halides is 1. The Bertz CT molecular complexity index is 63.5. The van der Waals surface area contributed by atoms with Crippen LogP contribution in [0.5, 0.6) is 0 Å². The predicted molar refractivity (Wildman–Crippen MR) is 54.9 cm³/mol. The van der Waals surface area contributed by atoms with Crippen molar-refractivity contribution in [2.24, 2.45) is 0 Å². The zero-order valence-electron chi connectivity index (χ0n) is 7.94. The molecule has 1 nitrogen and oxygen atoms in total. The molecule has 0 aliphatic heterocycles. The lowest BCUT2D eigenvalue weighted by molar-refractivity contribution is 0.451. The molecule has 1 N–H and O–H groups in total. The number of hydrogen-bond donors (Lipinski definition) is 1. The van der Waals surface area contributed by atoms with Crippen LogP contribution >= 0.6 is 12.4 Å². The van der Waals surface area contributed by atoms with Crippen LogP contribution in [0.4, 0.5) is 4.39 Å². The highest BCUT2D eigenvalue weighted by atomic mass is 35.5. The SMILES string of the molecule is CCCNCCCCCCF.Cl. The molecule has 0 aromatic carbocycles. The van der Waals surface area contributed by atoms with E-state index in [4.69, 9.17) is 0 Å². The summed E-state index contributed by atoms with van der Waals surface area (Å²) in [4.78, 5) is 0. The molecule has 0 spiro atoms. The van der Waals surface area contributed by atoms with Gasteiger partial charge in [0.2, 0.25) is 0 Å². The predicted octanol–water partition coefficient (Wildman–Crippen LogP) is 2.94. The largest absolute Gasteiger partial charge is 0.317 e. The molecule has 0 rings (SSSR count). The first-order valence-electron chi connectivity index (χ1n) is 4.68. The third-order valence-electron chi connectivity index (χ3n) is 1.66. The van der Waals surface area contributed by atoms with E-state index >= 15 is 0 Å². The van der Waals surface area contributed by atoms with Crippen LogP contribution in [0.2, 0.25) is 0 Å². The number of nitrogens with one attached hydrogen (secondary N) is 1. The van der Waals surface area contributed by atoms with E-state index in [1.807, 2.05) is 0 Å². The van der Waals surface area contributed by atoms with Crippen LogP contribution in [0.25, 0.3) is 0 Å². The third-order valence-corrected chi connectivity index (χ3v) is 1.66. The summed E-state index contributed by atoms with van der Waals surface area (Å²) >= 11 is 0. The molecular formula is C9H21ClFN. The zero-order chi connectivity index (χ0) is 8.36. The quantitative estimate of drug-likeness (QED) is 0.590. The minimum atomic E-state index is -0.150. The van der Waals surface area contributed by atoms with Crippen molar-refractivity contribution in [1.29, 1.82) is 0 Å². The van der Waals surface area contributed by atoms with Crippen LogP contribution in [0.15, 0.2) is 0 Å². The molecule has 0 unspecified atom stereocenters. The maximum Gasteiger partial charge on any atom is 0.0894 e. The molecule has 0 bridgehead atoms. The van der Waals surface area contributed by atoms with Gasteiger partial charge < -0.3 is 5.32 Å². The fourth-order valence-corrected chi connectivity index (χ4v) is 1.000. The third kappa shape index (κ3) is 12.8. The molecule has 12 heavy (non-hydrogen) atoms. The van der Waals surface area contributed by atoms with Crippen molar-refractivity contribution >= 4 is 12.4 Å². The highest BCUT2D eigenvalue weighted by Crippen LogP contribution is 1.98. The summed E-state index contributed by atoms with van der Waals surface area (Å²) in [7, 11) is 0. The van der Waals surface area contributed by atoms with Crippen molar-refractivity contribution in [3.05, 3.63) is 0 Å². The summed E-state index contributed by atoms with van der Waals surface area (Å²) < 4.78 is 11.6. The maximum atomic E-state index is 11.6. The van der Waals surface area contributed by atoms with Gasteiger partial charge >= 0.3 is 0 Å². The zero-order valence-corrected chi connectivity index (χ0v) is 8.76. The molecule has 0 aliphatic carbocycles. The molecule has 0 saturated heterocycles. The number of rotatable bonds is 8. The van der Waals surface area contributed by atoms with E-state index in [9.17, 15) is 4.39 Å². The smallest absolute Gasteiger partial charge is 0.0894 e. The Balaban J connectivity index is 0.